The Hall–Kier alpha value is -2.19. The molecule has 8 nitrogen and oxygen atoms in total. The maximum absolute atomic E-state index is 13.7. The van der Waals surface area contributed by atoms with Gasteiger partial charge in [0.2, 0.25) is 17.7 Å². The zero-order valence-corrected chi connectivity index (χ0v) is 17.9. The zero-order valence-electron chi connectivity index (χ0n) is 17.9. The Morgan fingerprint density at radius 1 is 1.20 bits per heavy atom. The minimum Gasteiger partial charge on any atom is -0.395 e. The average molecular weight is 418 g/mol. The van der Waals surface area contributed by atoms with E-state index < -0.39 is 29.6 Å². The number of aliphatic hydroxyl groups is 1. The molecule has 1 N–H and O–H groups in total. The lowest BCUT2D eigenvalue weighted by Gasteiger charge is -2.37. The fourth-order valence-electron chi connectivity index (χ4n) is 5.60. The molecule has 164 valence electrons. The van der Waals surface area contributed by atoms with Gasteiger partial charge in [0.1, 0.15) is 11.6 Å². The molecule has 4 aliphatic rings. The molecule has 0 bridgehead atoms. The van der Waals surface area contributed by atoms with Gasteiger partial charge in [0.05, 0.1) is 24.5 Å². The monoisotopic (exact) mass is 417 g/mol. The second kappa shape index (κ2) is 7.81. The van der Waals surface area contributed by atoms with E-state index in [1.165, 1.54) is 4.90 Å². The Bertz CT molecular complexity index is 796. The third kappa shape index (κ3) is 2.92. The molecule has 0 aromatic rings. The molecule has 4 heterocycles. The lowest BCUT2D eigenvalue weighted by molar-refractivity contribution is -0.149. The SMILES string of the molecule is CCCC(C)N1CC=C[C@]23O[C@H]4C=CCN(C)C(=O)[C@H]4[C@H]2C(=O)N(CCO)C3C1=O. The van der Waals surface area contributed by atoms with E-state index in [2.05, 4.69) is 6.92 Å². The van der Waals surface area contributed by atoms with Crippen molar-refractivity contribution >= 4 is 17.7 Å². The number of β-amino-alcohol motifs (C(OH)–C–C–N with tert-alkyl or cyclic N) is 1. The first-order valence-corrected chi connectivity index (χ1v) is 10.9. The van der Waals surface area contributed by atoms with Crippen LogP contribution in [0, 0.1) is 11.8 Å². The minimum atomic E-state index is -1.20. The highest BCUT2D eigenvalue weighted by molar-refractivity contribution is 5.99. The van der Waals surface area contributed by atoms with Crippen LogP contribution in [-0.4, -0.2) is 94.6 Å². The molecular formula is C22H31N3O5. The van der Waals surface area contributed by atoms with Gasteiger partial charge in [-0.2, -0.15) is 0 Å². The molecule has 2 saturated heterocycles. The highest BCUT2D eigenvalue weighted by Crippen LogP contribution is 2.53. The number of rotatable bonds is 5. The number of hydrogen-bond acceptors (Lipinski definition) is 5. The van der Waals surface area contributed by atoms with Gasteiger partial charge in [-0.3, -0.25) is 14.4 Å². The molecule has 30 heavy (non-hydrogen) atoms. The van der Waals surface area contributed by atoms with Crippen LogP contribution >= 0.6 is 0 Å². The molecule has 4 rings (SSSR count). The Kier molecular flexibility index (Phi) is 5.48. The second-order valence-corrected chi connectivity index (χ2v) is 8.77. The Balaban J connectivity index is 1.80. The predicted molar refractivity (Wildman–Crippen MR) is 109 cm³/mol. The van der Waals surface area contributed by atoms with Crippen LogP contribution in [-0.2, 0) is 19.1 Å². The Labute approximate surface area is 177 Å². The van der Waals surface area contributed by atoms with Crippen LogP contribution in [0.15, 0.2) is 24.3 Å². The lowest BCUT2D eigenvalue weighted by atomic mass is 9.77. The Morgan fingerprint density at radius 3 is 2.67 bits per heavy atom. The summed E-state index contributed by atoms with van der Waals surface area (Å²) < 4.78 is 6.45. The molecule has 0 aliphatic carbocycles. The van der Waals surface area contributed by atoms with Gasteiger partial charge in [0, 0.05) is 32.7 Å². The van der Waals surface area contributed by atoms with Crippen molar-refractivity contribution in [3.8, 4) is 0 Å². The summed E-state index contributed by atoms with van der Waals surface area (Å²) in [6.07, 6.45) is 8.71. The number of amides is 3. The fourth-order valence-corrected chi connectivity index (χ4v) is 5.60. The van der Waals surface area contributed by atoms with Crippen LogP contribution < -0.4 is 0 Å². The normalized spacial score (nSPS) is 36.5. The van der Waals surface area contributed by atoms with E-state index in [9.17, 15) is 19.5 Å². The Morgan fingerprint density at radius 2 is 1.97 bits per heavy atom. The van der Waals surface area contributed by atoms with Gasteiger partial charge in [0.15, 0.2) is 0 Å². The van der Waals surface area contributed by atoms with Crippen molar-refractivity contribution in [3.05, 3.63) is 24.3 Å². The number of carbonyl (C=O) groups excluding carboxylic acids is 3. The quantitative estimate of drug-likeness (QED) is 0.645. The summed E-state index contributed by atoms with van der Waals surface area (Å²) in [5.41, 5.74) is -1.20. The van der Waals surface area contributed by atoms with Gasteiger partial charge in [-0.1, -0.05) is 37.6 Å². The van der Waals surface area contributed by atoms with Gasteiger partial charge in [-0.25, -0.2) is 0 Å². The molecule has 8 heteroatoms. The van der Waals surface area contributed by atoms with Crippen LogP contribution in [0.25, 0.3) is 0 Å². The first kappa shape index (κ1) is 21.1. The third-order valence-corrected chi connectivity index (χ3v) is 6.97. The molecule has 0 radical (unpaired) electrons. The molecule has 3 amide bonds. The van der Waals surface area contributed by atoms with E-state index in [4.69, 9.17) is 4.74 Å². The number of fused-ring (bicyclic) bond motifs is 2. The zero-order chi connectivity index (χ0) is 21.6. The van der Waals surface area contributed by atoms with E-state index in [-0.39, 0.29) is 36.9 Å². The van der Waals surface area contributed by atoms with Crippen molar-refractivity contribution in [2.75, 3.05) is 33.3 Å². The summed E-state index contributed by atoms with van der Waals surface area (Å²) in [7, 11) is 1.71. The van der Waals surface area contributed by atoms with Crippen molar-refractivity contribution < 1.29 is 24.2 Å². The van der Waals surface area contributed by atoms with Crippen LogP contribution in [0.2, 0.25) is 0 Å². The van der Waals surface area contributed by atoms with E-state index in [1.54, 1.807) is 16.8 Å². The topological polar surface area (TPSA) is 90.4 Å². The predicted octanol–water partition coefficient (Wildman–Crippen LogP) is 0.175. The second-order valence-electron chi connectivity index (χ2n) is 8.77. The summed E-state index contributed by atoms with van der Waals surface area (Å²) >= 11 is 0. The smallest absolute Gasteiger partial charge is 0.249 e. The average Bonchev–Trinajstić information content (AvgIpc) is 3.02. The summed E-state index contributed by atoms with van der Waals surface area (Å²) in [4.78, 5) is 45.3. The summed E-state index contributed by atoms with van der Waals surface area (Å²) in [5, 5.41) is 9.62. The lowest BCUT2D eigenvalue weighted by Crippen LogP contribution is -2.57. The number of aliphatic hydroxyl groups excluding tert-OH is 1. The highest BCUT2D eigenvalue weighted by atomic mass is 16.5. The molecule has 2 fully saturated rings. The molecule has 2 unspecified atom stereocenters. The number of hydrogen-bond donors (Lipinski definition) is 1. The van der Waals surface area contributed by atoms with Crippen LogP contribution in [0.1, 0.15) is 26.7 Å². The standard InChI is InChI=1S/C22H31N3O5/c1-4-7-14(2)24-11-6-9-22-17(20(28)25(12-13-26)18(22)21(24)29)16-15(30-22)8-5-10-23(3)19(16)27/h5-6,8-9,14-18,26H,4,7,10-13H2,1-3H3/t14?,15-,16+,17-,18?,22-/m0/s1. The van der Waals surface area contributed by atoms with Crippen molar-refractivity contribution in [1.29, 1.82) is 0 Å². The molecule has 1 spiro atoms. The largest absolute Gasteiger partial charge is 0.395 e. The molecule has 0 saturated carbocycles. The van der Waals surface area contributed by atoms with Gasteiger partial charge in [-0.05, 0) is 13.3 Å². The van der Waals surface area contributed by atoms with Gasteiger partial charge in [-0.15, -0.1) is 0 Å². The molecular weight excluding hydrogens is 386 g/mol. The van der Waals surface area contributed by atoms with Gasteiger partial charge >= 0.3 is 0 Å². The van der Waals surface area contributed by atoms with E-state index in [0.717, 1.165) is 12.8 Å². The highest BCUT2D eigenvalue weighted by Gasteiger charge is 2.71. The summed E-state index contributed by atoms with van der Waals surface area (Å²) in [6.45, 7) is 4.77. The van der Waals surface area contributed by atoms with Crippen molar-refractivity contribution in [2.45, 2.75) is 50.5 Å². The number of likely N-dealkylation sites (N-methyl/N-ethyl adjacent to an activating group) is 1. The van der Waals surface area contributed by atoms with Gasteiger partial charge < -0.3 is 24.5 Å². The van der Waals surface area contributed by atoms with E-state index in [0.29, 0.717) is 13.1 Å². The number of nitrogens with zero attached hydrogens (tertiary/aromatic N) is 3. The van der Waals surface area contributed by atoms with E-state index in [1.807, 2.05) is 31.2 Å². The number of likely N-dealkylation sites (tertiary alicyclic amines) is 1. The van der Waals surface area contributed by atoms with Crippen molar-refractivity contribution in [2.24, 2.45) is 11.8 Å². The third-order valence-electron chi connectivity index (χ3n) is 6.97. The molecule has 0 aromatic carbocycles. The fraction of sp³-hybridized carbons (Fsp3) is 0.682. The van der Waals surface area contributed by atoms with Crippen LogP contribution in [0.4, 0.5) is 0 Å². The van der Waals surface area contributed by atoms with E-state index >= 15 is 0 Å². The van der Waals surface area contributed by atoms with Crippen LogP contribution in [0.5, 0.6) is 0 Å². The maximum atomic E-state index is 13.7. The summed E-state index contributed by atoms with van der Waals surface area (Å²) in [5.74, 6) is -2.07. The maximum Gasteiger partial charge on any atom is 0.249 e. The number of carbonyl (C=O) groups is 3. The molecule has 0 aromatic heterocycles. The number of ether oxygens (including phenoxy) is 1. The first-order valence-electron chi connectivity index (χ1n) is 10.9. The van der Waals surface area contributed by atoms with Gasteiger partial charge in [0.25, 0.3) is 0 Å². The minimum absolute atomic E-state index is 0.0203. The molecule has 4 aliphatic heterocycles. The first-order chi connectivity index (χ1) is 14.4. The van der Waals surface area contributed by atoms with Crippen LogP contribution in [0.3, 0.4) is 0 Å². The van der Waals surface area contributed by atoms with Crippen molar-refractivity contribution in [1.82, 2.24) is 14.7 Å². The van der Waals surface area contributed by atoms with Crippen molar-refractivity contribution in [3.63, 3.8) is 0 Å². The molecule has 6 atom stereocenters. The summed E-state index contributed by atoms with van der Waals surface area (Å²) in [6, 6.07) is -0.856.